The number of carbonyl (C=O) groups excluding carboxylic acids is 1. The molecule has 1 aliphatic rings. The molecule has 0 amide bonds. The highest BCUT2D eigenvalue weighted by atomic mass is 79.9. The number of rotatable bonds is 4. The number of methoxy groups -OCH3 is 1. The Morgan fingerprint density at radius 3 is 3.05 bits per heavy atom. The van der Waals surface area contributed by atoms with Crippen LogP contribution >= 0.6 is 31.7 Å². The SMILES string of the molecule is COC(=O)C(Nc1noc2cc(Br)ccc12)C1P=P1. The first-order valence-corrected chi connectivity index (χ1v) is 8.91. The fourth-order valence-corrected chi connectivity index (χ4v) is 3.82. The molecule has 1 N–H and O–H groups in total. The van der Waals surface area contributed by atoms with Gasteiger partial charge in [0.25, 0.3) is 0 Å². The monoisotopic (exact) mass is 358 g/mol. The number of hydrogen-bond acceptors (Lipinski definition) is 5. The molecule has 0 fully saturated rings. The lowest BCUT2D eigenvalue weighted by Crippen LogP contribution is -2.34. The van der Waals surface area contributed by atoms with Gasteiger partial charge in [-0.3, -0.25) is 0 Å². The van der Waals surface area contributed by atoms with Gasteiger partial charge in [0.05, 0.1) is 17.9 Å². The van der Waals surface area contributed by atoms with Gasteiger partial charge in [0, 0.05) is 4.47 Å². The highest BCUT2D eigenvalue weighted by molar-refractivity contribution is 9.10. The van der Waals surface area contributed by atoms with E-state index in [-0.39, 0.29) is 17.4 Å². The normalized spacial score (nSPS) is 20.0. The molecule has 0 bridgehead atoms. The van der Waals surface area contributed by atoms with Gasteiger partial charge in [0.15, 0.2) is 11.4 Å². The topological polar surface area (TPSA) is 64.4 Å². The molecule has 0 spiro atoms. The third-order valence-electron chi connectivity index (χ3n) is 2.73. The molecule has 98 valence electrons. The van der Waals surface area contributed by atoms with Crippen LogP contribution in [0, 0.1) is 0 Å². The first-order chi connectivity index (χ1) is 9.19. The van der Waals surface area contributed by atoms with Crippen LogP contribution in [0.1, 0.15) is 0 Å². The Hall–Kier alpha value is -0.960. The first-order valence-electron chi connectivity index (χ1n) is 5.48. The zero-order valence-electron chi connectivity index (χ0n) is 9.83. The molecule has 2 aromatic rings. The van der Waals surface area contributed by atoms with Gasteiger partial charge in [-0.2, -0.15) is 0 Å². The van der Waals surface area contributed by atoms with E-state index < -0.39 is 0 Å². The maximum Gasteiger partial charge on any atom is 0.330 e. The van der Waals surface area contributed by atoms with Gasteiger partial charge in [0.1, 0.15) is 6.04 Å². The van der Waals surface area contributed by atoms with Gasteiger partial charge < -0.3 is 14.6 Å². The molecule has 1 aromatic heterocycles. The molecule has 5 nitrogen and oxygen atoms in total. The number of nitrogens with zero attached hydrogens (tertiary/aromatic N) is 1. The summed E-state index contributed by atoms with van der Waals surface area (Å²) in [7, 11) is 3.87. The summed E-state index contributed by atoms with van der Waals surface area (Å²) in [6.07, 6.45) is 0. The van der Waals surface area contributed by atoms with Crippen molar-refractivity contribution < 1.29 is 14.1 Å². The number of anilines is 1. The van der Waals surface area contributed by atoms with Crippen LogP contribution in [0.5, 0.6) is 0 Å². The van der Waals surface area contributed by atoms with Crippen molar-refractivity contribution in [3.8, 4) is 0 Å². The number of carbonyl (C=O) groups is 1. The Labute approximate surface area is 120 Å². The summed E-state index contributed by atoms with van der Waals surface area (Å²) >= 11 is 3.38. The zero-order chi connectivity index (χ0) is 13.4. The number of aromatic nitrogens is 1. The van der Waals surface area contributed by atoms with E-state index in [1.165, 1.54) is 22.8 Å². The second-order valence-electron chi connectivity index (χ2n) is 3.96. The minimum absolute atomic E-state index is 0.268. The number of benzene rings is 1. The van der Waals surface area contributed by atoms with Crippen molar-refractivity contribution >= 4 is 54.4 Å². The van der Waals surface area contributed by atoms with Crippen molar-refractivity contribution in [1.29, 1.82) is 0 Å². The fourth-order valence-electron chi connectivity index (χ4n) is 1.72. The summed E-state index contributed by atoms with van der Waals surface area (Å²) in [6, 6.07) is 5.28. The largest absolute Gasteiger partial charge is 0.467 e. The van der Waals surface area contributed by atoms with E-state index in [1.54, 1.807) is 0 Å². The smallest absolute Gasteiger partial charge is 0.330 e. The predicted octanol–water partition coefficient (Wildman–Crippen LogP) is 3.69. The van der Waals surface area contributed by atoms with Crippen molar-refractivity contribution in [3.63, 3.8) is 0 Å². The minimum Gasteiger partial charge on any atom is -0.467 e. The molecular weight excluding hydrogens is 350 g/mol. The van der Waals surface area contributed by atoms with Crippen LogP contribution in [0.15, 0.2) is 27.2 Å². The molecule has 1 aliphatic heterocycles. The quantitative estimate of drug-likeness (QED) is 0.666. The van der Waals surface area contributed by atoms with Gasteiger partial charge in [-0.05, 0) is 18.2 Å². The molecule has 1 atom stereocenters. The molecule has 8 heteroatoms. The number of esters is 1. The second-order valence-corrected chi connectivity index (χ2v) is 8.24. The van der Waals surface area contributed by atoms with Crippen molar-refractivity contribution in [2.24, 2.45) is 0 Å². The van der Waals surface area contributed by atoms with Crippen LogP contribution < -0.4 is 5.32 Å². The van der Waals surface area contributed by atoms with Crippen molar-refractivity contribution in [3.05, 3.63) is 22.7 Å². The van der Waals surface area contributed by atoms with E-state index >= 15 is 0 Å². The summed E-state index contributed by atoms with van der Waals surface area (Å²) < 4.78 is 11.0. The standard InChI is InChI=1S/C11H9BrN2O3P2/c1-16-10(15)8(11-18-19-11)13-9-6-3-2-5(12)4-7(6)17-14-9/h2-4,8,11H,1H3,(H,13,14). The molecule has 0 saturated heterocycles. The highest BCUT2D eigenvalue weighted by Crippen LogP contribution is 2.50. The summed E-state index contributed by atoms with van der Waals surface area (Å²) in [5.74, 6) is 0.311. The van der Waals surface area contributed by atoms with Crippen molar-refractivity contribution in [1.82, 2.24) is 5.16 Å². The third-order valence-corrected chi connectivity index (χ3v) is 5.81. The van der Waals surface area contributed by atoms with Crippen LogP contribution in [-0.2, 0) is 9.53 Å². The van der Waals surface area contributed by atoms with E-state index in [2.05, 4.69) is 26.4 Å². The summed E-state index contributed by atoms with van der Waals surface area (Å²) in [5.41, 5.74) is 0.673. The molecule has 0 radical (unpaired) electrons. The summed E-state index contributed by atoms with van der Waals surface area (Å²) in [5, 5.41) is 8.23. The van der Waals surface area contributed by atoms with Gasteiger partial charge >= 0.3 is 5.97 Å². The molecule has 1 aromatic carbocycles. The van der Waals surface area contributed by atoms with Crippen LogP contribution in [0.3, 0.4) is 0 Å². The molecule has 1 unspecified atom stereocenters. The first kappa shape index (κ1) is 13.0. The van der Waals surface area contributed by atoms with Crippen molar-refractivity contribution in [2.45, 2.75) is 11.4 Å². The van der Waals surface area contributed by atoms with E-state index in [4.69, 9.17) is 9.26 Å². The predicted molar refractivity (Wildman–Crippen MR) is 78.8 cm³/mol. The van der Waals surface area contributed by atoms with E-state index in [9.17, 15) is 4.79 Å². The molecule has 0 saturated carbocycles. The molecule has 3 rings (SSSR count). The molecular formula is C11H9BrN2O3P2. The van der Waals surface area contributed by atoms with Gasteiger partial charge in [-0.1, -0.05) is 36.8 Å². The average Bonchev–Trinajstić information content (AvgIpc) is 3.17. The van der Waals surface area contributed by atoms with E-state index in [0.717, 1.165) is 9.86 Å². The number of hydrogen-bond donors (Lipinski definition) is 1. The van der Waals surface area contributed by atoms with Crippen LogP contribution in [0.25, 0.3) is 11.0 Å². The van der Waals surface area contributed by atoms with Crippen molar-refractivity contribution in [2.75, 3.05) is 12.4 Å². The Morgan fingerprint density at radius 1 is 1.58 bits per heavy atom. The Kier molecular flexibility index (Phi) is 3.57. The zero-order valence-corrected chi connectivity index (χ0v) is 13.2. The maximum absolute atomic E-state index is 11.8. The number of halogens is 1. The minimum atomic E-state index is -0.370. The highest BCUT2D eigenvalue weighted by Gasteiger charge is 2.34. The summed E-state index contributed by atoms with van der Waals surface area (Å²) in [6.45, 7) is 0. The third kappa shape index (κ3) is 2.66. The molecule has 19 heavy (non-hydrogen) atoms. The lowest BCUT2D eigenvalue weighted by Gasteiger charge is -2.14. The Balaban J connectivity index is 1.89. The average molecular weight is 359 g/mol. The van der Waals surface area contributed by atoms with Crippen LogP contribution in [0.4, 0.5) is 5.82 Å². The molecule has 2 heterocycles. The van der Waals surface area contributed by atoms with Crippen LogP contribution in [0.2, 0.25) is 0 Å². The second kappa shape index (κ2) is 5.20. The van der Waals surface area contributed by atoms with Gasteiger partial charge in [-0.15, -0.1) is 0 Å². The van der Waals surface area contributed by atoms with Gasteiger partial charge in [-0.25, -0.2) is 4.79 Å². The number of nitrogens with one attached hydrogen (secondary N) is 1. The summed E-state index contributed by atoms with van der Waals surface area (Å²) in [4.78, 5) is 11.8. The van der Waals surface area contributed by atoms with Gasteiger partial charge in [0.2, 0.25) is 0 Å². The number of ether oxygens (including phenoxy) is 1. The molecule has 0 aliphatic carbocycles. The Bertz CT molecular complexity index is 667. The fraction of sp³-hybridized carbons (Fsp3) is 0.273. The maximum atomic E-state index is 11.8. The van der Waals surface area contributed by atoms with Crippen LogP contribution in [-0.4, -0.2) is 29.7 Å². The van der Waals surface area contributed by atoms with E-state index in [1.807, 2.05) is 18.2 Å². The Morgan fingerprint density at radius 2 is 2.37 bits per heavy atom. The lowest BCUT2D eigenvalue weighted by molar-refractivity contribution is -0.141. The van der Waals surface area contributed by atoms with E-state index in [0.29, 0.717) is 11.4 Å². The number of fused-ring (bicyclic) bond motifs is 1. The lowest BCUT2D eigenvalue weighted by atomic mass is 10.2.